The molecule has 0 aromatic heterocycles. The van der Waals surface area contributed by atoms with Crippen molar-refractivity contribution in [3.8, 4) is 0 Å². The van der Waals surface area contributed by atoms with E-state index in [4.69, 9.17) is 18.9 Å². The van der Waals surface area contributed by atoms with Gasteiger partial charge >= 0.3 is 23.9 Å². The number of ether oxygens (including phenoxy) is 4. The van der Waals surface area contributed by atoms with Crippen LogP contribution in [-0.4, -0.2) is 52.3 Å². The predicted molar refractivity (Wildman–Crippen MR) is 117 cm³/mol. The monoisotopic (exact) mass is 455 g/mol. The van der Waals surface area contributed by atoms with Crippen molar-refractivity contribution in [2.75, 3.05) is 33.3 Å². The normalized spacial score (nSPS) is 19.3. The molecule has 0 spiro atoms. The fourth-order valence-corrected chi connectivity index (χ4v) is 4.39. The lowest BCUT2D eigenvalue weighted by Gasteiger charge is -2.34. The first kappa shape index (κ1) is 23.8. The Bertz CT molecular complexity index is 1110. The molecular weight excluding hydrogens is 430 g/mol. The molecule has 0 saturated heterocycles. The zero-order chi connectivity index (χ0) is 24.4. The number of allylic oxidation sites excluding steroid dienone is 1. The van der Waals surface area contributed by atoms with Gasteiger partial charge in [-0.2, -0.15) is 0 Å². The lowest BCUT2D eigenvalue weighted by Crippen LogP contribution is -2.40. The maximum Gasteiger partial charge on any atom is 0.336 e. The smallest absolute Gasteiger partial charge is 0.336 e. The molecule has 3 rings (SSSR count). The highest BCUT2D eigenvalue weighted by atomic mass is 16.5. The van der Waals surface area contributed by atoms with Crippen molar-refractivity contribution in [3.05, 3.63) is 64.0 Å². The minimum Gasteiger partial charge on any atom is -0.468 e. The number of aryl methyl sites for hydroxylation is 2. The summed E-state index contributed by atoms with van der Waals surface area (Å²) in [5.41, 5.74) is 2.33. The molecule has 0 saturated carbocycles. The van der Waals surface area contributed by atoms with E-state index in [1.54, 1.807) is 17.2 Å². The zero-order valence-electron chi connectivity index (χ0n) is 19.3. The van der Waals surface area contributed by atoms with Gasteiger partial charge < -0.3 is 23.8 Å². The van der Waals surface area contributed by atoms with Gasteiger partial charge in [0.05, 0.1) is 56.8 Å². The van der Waals surface area contributed by atoms with Crippen molar-refractivity contribution in [2.45, 2.75) is 13.8 Å². The maximum atomic E-state index is 13.1. The molecule has 2 atom stereocenters. The van der Waals surface area contributed by atoms with Crippen LogP contribution in [0.25, 0.3) is 0 Å². The third kappa shape index (κ3) is 3.79. The number of nitrogens with zero attached hydrogens (tertiary/aromatic N) is 1. The second-order valence-electron chi connectivity index (χ2n) is 7.49. The van der Waals surface area contributed by atoms with Gasteiger partial charge in [-0.3, -0.25) is 4.79 Å². The Kier molecular flexibility index (Phi) is 6.71. The van der Waals surface area contributed by atoms with Crippen LogP contribution in [-0.2, 0) is 38.1 Å². The summed E-state index contributed by atoms with van der Waals surface area (Å²) in [6, 6.07) is 5.70. The van der Waals surface area contributed by atoms with Crippen LogP contribution >= 0.6 is 0 Å². The standard InChI is InChI=1S/C24H25NO8/c1-12-8-7-9-13(2)19(12)25-11-10-14-15(21(26)30-3)16(22(27)31-4)17(23(28)32-5)18(20(14)25)24(29)33-6/h7-11,14,17H,1-6H3. The summed E-state index contributed by atoms with van der Waals surface area (Å²) < 4.78 is 19.7. The first-order valence-electron chi connectivity index (χ1n) is 10.1. The number of benzene rings is 1. The van der Waals surface area contributed by atoms with E-state index in [0.29, 0.717) is 5.70 Å². The SMILES string of the molecule is COC(=O)C1=C(C(=O)OC)C(C(=O)OC)C(C(=O)OC)=C2C1C=CN2c1c(C)cccc1C. The second-order valence-corrected chi connectivity index (χ2v) is 7.49. The van der Waals surface area contributed by atoms with Crippen molar-refractivity contribution >= 4 is 29.6 Å². The van der Waals surface area contributed by atoms with E-state index in [-0.39, 0.29) is 16.7 Å². The molecule has 2 aliphatic rings. The van der Waals surface area contributed by atoms with Gasteiger partial charge in [0.2, 0.25) is 0 Å². The van der Waals surface area contributed by atoms with Crippen LogP contribution in [0.5, 0.6) is 0 Å². The number of hydrogen-bond donors (Lipinski definition) is 0. The lowest BCUT2D eigenvalue weighted by molar-refractivity contribution is -0.149. The largest absolute Gasteiger partial charge is 0.468 e. The zero-order valence-corrected chi connectivity index (χ0v) is 19.3. The van der Waals surface area contributed by atoms with Crippen molar-refractivity contribution in [1.82, 2.24) is 0 Å². The number of rotatable bonds is 5. The van der Waals surface area contributed by atoms with Gasteiger partial charge in [-0.05, 0) is 25.0 Å². The quantitative estimate of drug-likeness (QED) is 0.487. The minimum absolute atomic E-state index is 0.104. The molecule has 0 amide bonds. The van der Waals surface area contributed by atoms with Crippen LogP contribution < -0.4 is 4.90 Å². The molecule has 2 unspecified atom stereocenters. The Hall–Kier alpha value is -3.88. The van der Waals surface area contributed by atoms with Crippen LogP contribution in [0.3, 0.4) is 0 Å². The second kappa shape index (κ2) is 9.32. The summed E-state index contributed by atoms with van der Waals surface area (Å²) in [6.07, 6.45) is 3.35. The Morgan fingerprint density at radius 3 is 1.79 bits per heavy atom. The van der Waals surface area contributed by atoms with Gasteiger partial charge in [0.15, 0.2) is 0 Å². The van der Waals surface area contributed by atoms with E-state index in [9.17, 15) is 19.2 Å². The number of carbonyl (C=O) groups is 4. The topological polar surface area (TPSA) is 108 Å². The summed E-state index contributed by atoms with van der Waals surface area (Å²) in [4.78, 5) is 53.5. The van der Waals surface area contributed by atoms with Gasteiger partial charge in [-0.15, -0.1) is 0 Å². The van der Waals surface area contributed by atoms with Crippen LogP contribution in [0.4, 0.5) is 5.69 Å². The van der Waals surface area contributed by atoms with Crippen LogP contribution in [0.2, 0.25) is 0 Å². The molecule has 1 aromatic carbocycles. The molecule has 9 nitrogen and oxygen atoms in total. The molecular formula is C24H25NO8. The Morgan fingerprint density at radius 2 is 1.27 bits per heavy atom. The fraction of sp³-hybridized carbons (Fsp3) is 0.333. The van der Waals surface area contributed by atoms with Gasteiger partial charge in [0, 0.05) is 11.9 Å². The Balaban J connectivity index is 2.43. The van der Waals surface area contributed by atoms with Gasteiger partial charge in [-0.1, -0.05) is 24.3 Å². The predicted octanol–water partition coefficient (Wildman–Crippen LogP) is 2.13. The van der Waals surface area contributed by atoms with Gasteiger partial charge in [0.1, 0.15) is 5.92 Å². The summed E-state index contributed by atoms with van der Waals surface area (Å²) in [5, 5.41) is 0. The van der Waals surface area contributed by atoms with E-state index in [0.717, 1.165) is 31.0 Å². The first-order valence-corrected chi connectivity index (χ1v) is 10.1. The highest BCUT2D eigenvalue weighted by Crippen LogP contribution is 2.48. The number of fused-ring (bicyclic) bond motifs is 1. The van der Waals surface area contributed by atoms with Crippen molar-refractivity contribution in [3.63, 3.8) is 0 Å². The van der Waals surface area contributed by atoms with E-state index in [1.807, 2.05) is 32.0 Å². The Morgan fingerprint density at radius 1 is 0.758 bits per heavy atom. The summed E-state index contributed by atoms with van der Waals surface area (Å²) in [6.45, 7) is 3.80. The molecule has 1 aliphatic heterocycles. The van der Waals surface area contributed by atoms with Crippen molar-refractivity contribution in [2.24, 2.45) is 11.8 Å². The molecule has 1 aliphatic carbocycles. The molecule has 9 heteroatoms. The highest BCUT2D eigenvalue weighted by Gasteiger charge is 2.51. The van der Waals surface area contributed by atoms with E-state index in [2.05, 4.69) is 0 Å². The molecule has 1 heterocycles. The Labute approximate surface area is 191 Å². The summed E-state index contributed by atoms with van der Waals surface area (Å²) >= 11 is 0. The van der Waals surface area contributed by atoms with Crippen molar-refractivity contribution < 1.29 is 38.1 Å². The summed E-state index contributed by atoms with van der Waals surface area (Å²) in [5.74, 6) is -5.95. The molecule has 33 heavy (non-hydrogen) atoms. The number of para-hydroxylation sites is 1. The molecule has 0 radical (unpaired) electrons. The van der Waals surface area contributed by atoms with E-state index >= 15 is 0 Å². The third-order valence-electron chi connectivity index (χ3n) is 5.77. The first-order chi connectivity index (χ1) is 15.7. The van der Waals surface area contributed by atoms with Gasteiger partial charge in [-0.25, -0.2) is 14.4 Å². The number of anilines is 1. The number of hydrogen-bond acceptors (Lipinski definition) is 9. The molecule has 174 valence electrons. The minimum atomic E-state index is -1.55. The van der Waals surface area contributed by atoms with Crippen molar-refractivity contribution in [1.29, 1.82) is 0 Å². The van der Waals surface area contributed by atoms with Gasteiger partial charge in [0.25, 0.3) is 0 Å². The van der Waals surface area contributed by atoms with E-state index < -0.39 is 35.7 Å². The molecule has 1 aromatic rings. The summed E-state index contributed by atoms with van der Waals surface area (Å²) in [7, 11) is 4.57. The van der Waals surface area contributed by atoms with Crippen LogP contribution in [0.15, 0.2) is 52.9 Å². The average Bonchev–Trinajstić information content (AvgIpc) is 3.24. The number of methoxy groups -OCH3 is 4. The lowest BCUT2D eigenvalue weighted by atomic mass is 9.74. The molecule has 0 fully saturated rings. The van der Waals surface area contributed by atoms with Crippen LogP contribution in [0, 0.1) is 25.7 Å². The molecule has 0 bridgehead atoms. The highest BCUT2D eigenvalue weighted by molar-refractivity contribution is 6.11. The number of esters is 4. The number of carbonyl (C=O) groups excluding carboxylic acids is 4. The third-order valence-corrected chi connectivity index (χ3v) is 5.77. The molecule has 0 N–H and O–H groups in total. The maximum absolute atomic E-state index is 13.1. The van der Waals surface area contributed by atoms with E-state index in [1.165, 1.54) is 14.2 Å². The fourth-order valence-electron chi connectivity index (χ4n) is 4.39. The van der Waals surface area contributed by atoms with Crippen LogP contribution in [0.1, 0.15) is 11.1 Å². The average molecular weight is 455 g/mol.